The minimum atomic E-state index is -0.167. The van der Waals surface area contributed by atoms with Crippen LogP contribution in [-0.2, 0) is 4.79 Å². The molecule has 0 fully saturated rings. The predicted molar refractivity (Wildman–Crippen MR) is 92.8 cm³/mol. The first-order valence-corrected chi connectivity index (χ1v) is 7.38. The Balaban J connectivity index is 1.93. The third-order valence-corrected chi connectivity index (χ3v) is 3.30. The number of nitrogens with one attached hydrogen (secondary N) is 2. The molecule has 0 saturated carbocycles. The number of hydrogen-bond donors (Lipinski definition) is 2. The molecule has 120 valence electrons. The summed E-state index contributed by atoms with van der Waals surface area (Å²) in [5.74, 6) is -0.265. The summed E-state index contributed by atoms with van der Waals surface area (Å²) in [6.45, 7) is 2.17. The molecule has 0 aromatic heterocycles. The van der Waals surface area contributed by atoms with Gasteiger partial charge in [-0.1, -0.05) is 23.8 Å². The zero-order valence-corrected chi connectivity index (χ0v) is 13.6. The Kier molecular flexibility index (Phi) is 5.36. The van der Waals surface area contributed by atoms with Crippen LogP contribution in [0, 0.1) is 6.92 Å². The van der Waals surface area contributed by atoms with Gasteiger partial charge in [-0.05, 0) is 37.3 Å². The van der Waals surface area contributed by atoms with Crippen molar-refractivity contribution < 1.29 is 9.59 Å². The molecule has 0 aliphatic carbocycles. The Bertz CT molecular complexity index is 694. The largest absolute Gasteiger partial charge is 0.376 e. The number of rotatable bonds is 5. The van der Waals surface area contributed by atoms with E-state index in [-0.39, 0.29) is 18.4 Å². The summed E-state index contributed by atoms with van der Waals surface area (Å²) in [6, 6.07) is 14.7. The van der Waals surface area contributed by atoms with Crippen LogP contribution in [0.5, 0.6) is 0 Å². The van der Waals surface area contributed by atoms with Crippen LogP contribution >= 0.6 is 0 Å². The number of anilines is 2. The molecule has 0 bridgehead atoms. The SMILES string of the molecule is Cc1ccc(NCC(=O)Nc2cccc(C(=O)N(C)C)c2)cc1. The maximum atomic E-state index is 12.0. The summed E-state index contributed by atoms with van der Waals surface area (Å²) >= 11 is 0. The van der Waals surface area contributed by atoms with Gasteiger partial charge in [-0.2, -0.15) is 0 Å². The summed E-state index contributed by atoms with van der Waals surface area (Å²) in [4.78, 5) is 25.4. The molecule has 2 aromatic carbocycles. The highest BCUT2D eigenvalue weighted by atomic mass is 16.2. The quantitative estimate of drug-likeness (QED) is 0.892. The highest BCUT2D eigenvalue weighted by molar-refractivity contribution is 5.97. The highest BCUT2D eigenvalue weighted by Crippen LogP contribution is 2.12. The number of benzene rings is 2. The van der Waals surface area contributed by atoms with Gasteiger partial charge in [-0.25, -0.2) is 0 Å². The molecule has 0 atom stereocenters. The molecule has 0 saturated heterocycles. The second-order valence-corrected chi connectivity index (χ2v) is 5.55. The van der Waals surface area contributed by atoms with Crippen molar-refractivity contribution in [3.05, 3.63) is 59.7 Å². The van der Waals surface area contributed by atoms with Crippen LogP contribution in [0.15, 0.2) is 48.5 Å². The summed E-state index contributed by atoms with van der Waals surface area (Å²) in [5, 5.41) is 5.85. The molecule has 0 spiro atoms. The molecule has 2 amide bonds. The van der Waals surface area contributed by atoms with Crippen molar-refractivity contribution in [2.75, 3.05) is 31.3 Å². The van der Waals surface area contributed by atoms with Crippen LogP contribution in [0.3, 0.4) is 0 Å². The Hall–Kier alpha value is -2.82. The maximum absolute atomic E-state index is 12.0. The molecule has 0 aliphatic rings. The zero-order chi connectivity index (χ0) is 16.8. The van der Waals surface area contributed by atoms with Crippen LogP contribution in [-0.4, -0.2) is 37.4 Å². The van der Waals surface area contributed by atoms with Gasteiger partial charge in [0.05, 0.1) is 6.54 Å². The normalized spacial score (nSPS) is 10.0. The van der Waals surface area contributed by atoms with Crippen LogP contribution < -0.4 is 10.6 Å². The monoisotopic (exact) mass is 311 g/mol. The Morgan fingerprint density at radius 1 is 1.00 bits per heavy atom. The predicted octanol–water partition coefficient (Wildman–Crippen LogP) is 2.75. The smallest absolute Gasteiger partial charge is 0.253 e. The van der Waals surface area contributed by atoms with Crippen molar-refractivity contribution in [3.8, 4) is 0 Å². The number of hydrogen-bond acceptors (Lipinski definition) is 3. The molecule has 5 nitrogen and oxygen atoms in total. The van der Waals surface area contributed by atoms with E-state index in [4.69, 9.17) is 0 Å². The van der Waals surface area contributed by atoms with Crippen molar-refractivity contribution in [2.24, 2.45) is 0 Å². The van der Waals surface area contributed by atoms with Crippen LogP contribution in [0.1, 0.15) is 15.9 Å². The number of aryl methyl sites for hydroxylation is 1. The summed E-state index contributed by atoms with van der Waals surface area (Å²) in [6.07, 6.45) is 0. The summed E-state index contributed by atoms with van der Waals surface area (Å²) in [7, 11) is 3.39. The number of carbonyl (C=O) groups is 2. The molecular formula is C18H21N3O2. The van der Waals surface area contributed by atoms with E-state index < -0.39 is 0 Å². The Morgan fingerprint density at radius 2 is 1.70 bits per heavy atom. The van der Waals surface area contributed by atoms with Gasteiger partial charge in [0.2, 0.25) is 5.91 Å². The topological polar surface area (TPSA) is 61.4 Å². The lowest BCUT2D eigenvalue weighted by atomic mass is 10.2. The van der Waals surface area contributed by atoms with Crippen molar-refractivity contribution >= 4 is 23.2 Å². The minimum absolute atomic E-state index is 0.0983. The van der Waals surface area contributed by atoms with Crippen molar-refractivity contribution in [1.29, 1.82) is 0 Å². The standard InChI is InChI=1S/C18H21N3O2/c1-13-7-9-15(10-8-13)19-12-17(22)20-16-6-4-5-14(11-16)18(23)21(2)3/h4-11,19H,12H2,1-3H3,(H,20,22). The molecular weight excluding hydrogens is 290 g/mol. The van der Waals surface area contributed by atoms with Gasteiger partial charge in [-0.15, -0.1) is 0 Å². The number of carbonyl (C=O) groups excluding carboxylic acids is 2. The first-order valence-electron chi connectivity index (χ1n) is 7.38. The van der Waals surface area contributed by atoms with E-state index >= 15 is 0 Å². The molecule has 23 heavy (non-hydrogen) atoms. The third kappa shape index (κ3) is 4.85. The van der Waals surface area contributed by atoms with Crippen molar-refractivity contribution in [3.63, 3.8) is 0 Å². The van der Waals surface area contributed by atoms with Gasteiger partial charge < -0.3 is 15.5 Å². The van der Waals surface area contributed by atoms with Gasteiger partial charge in [0.1, 0.15) is 0 Å². The third-order valence-electron chi connectivity index (χ3n) is 3.30. The molecule has 0 heterocycles. The van der Waals surface area contributed by atoms with E-state index in [1.54, 1.807) is 38.4 Å². The van der Waals surface area contributed by atoms with Crippen molar-refractivity contribution in [1.82, 2.24) is 4.90 Å². The molecule has 5 heteroatoms. The lowest BCUT2D eigenvalue weighted by Gasteiger charge is -2.12. The van der Waals surface area contributed by atoms with Crippen molar-refractivity contribution in [2.45, 2.75) is 6.92 Å². The maximum Gasteiger partial charge on any atom is 0.253 e. The van der Waals surface area contributed by atoms with Gasteiger partial charge in [0.15, 0.2) is 0 Å². The second-order valence-electron chi connectivity index (χ2n) is 5.55. The molecule has 0 unspecified atom stereocenters. The van der Waals surface area contributed by atoms with Gasteiger partial charge in [-0.3, -0.25) is 9.59 Å². The van der Waals surface area contributed by atoms with Crippen LogP contribution in [0.25, 0.3) is 0 Å². The minimum Gasteiger partial charge on any atom is -0.376 e. The molecule has 0 aliphatic heterocycles. The van der Waals surface area contributed by atoms with E-state index in [1.165, 1.54) is 10.5 Å². The highest BCUT2D eigenvalue weighted by Gasteiger charge is 2.09. The summed E-state index contributed by atoms with van der Waals surface area (Å²) in [5.41, 5.74) is 3.21. The summed E-state index contributed by atoms with van der Waals surface area (Å²) < 4.78 is 0. The van der Waals surface area contributed by atoms with Gasteiger partial charge >= 0.3 is 0 Å². The Labute approximate surface area is 136 Å². The lowest BCUT2D eigenvalue weighted by molar-refractivity contribution is -0.114. The number of nitrogens with zero attached hydrogens (tertiary/aromatic N) is 1. The molecule has 0 radical (unpaired) electrons. The lowest BCUT2D eigenvalue weighted by Crippen LogP contribution is -2.23. The van der Waals surface area contributed by atoms with E-state index in [2.05, 4.69) is 10.6 Å². The van der Waals surface area contributed by atoms with E-state index in [0.29, 0.717) is 11.3 Å². The van der Waals surface area contributed by atoms with Crippen LogP contribution in [0.2, 0.25) is 0 Å². The number of amides is 2. The fourth-order valence-electron chi connectivity index (χ4n) is 2.05. The van der Waals surface area contributed by atoms with E-state index in [0.717, 1.165) is 5.69 Å². The average molecular weight is 311 g/mol. The first-order chi connectivity index (χ1) is 11.0. The zero-order valence-electron chi connectivity index (χ0n) is 13.6. The molecule has 2 N–H and O–H groups in total. The van der Waals surface area contributed by atoms with E-state index in [9.17, 15) is 9.59 Å². The Morgan fingerprint density at radius 3 is 2.35 bits per heavy atom. The van der Waals surface area contributed by atoms with Gasteiger partial charge in [0.25, 0.3) is 5.91 Å². The van der Waals surface area contributed by atoms with Gasteiger partial charge in [0, 0.05) is 31.0 Å². The average Bonchev–Trinajstić information content (AvgIpc) is 2.53. The fourth-order valence-corrected chi connectivity index (χ4v) is 2.05. The van der Waals surface area contributed by atoms with Crippen LogP contribution in [0.4, 0.5) is 11.4 Å². The second kappa shape index (κ2) is 7.45. The molecule has 2 aromatic rings. The van der Waals surface area contributed by atoms with E-state index in [1.807, 2.05) is 31.2 Å². The first kappa shape index (κ1) is 16.5. The fraction of sp³-hybridized carbons (Fsp3) is 0.222. The molecule has 2 rings (SSSR count).